The highest BCUT2D eigenvalue weighted by molar-refractivity contribution is 7.53. The lowest BCUT2D eigenvalue weighted by atomic mass is 9.88. The molecule has 1 aliphatic heterocycles. The van der Waals surface area contributed by atoms with Gasteiger partial charge in [-0.05, 0) is 6.42 Å². The van der Waals surface area contributed by atoms with Crippen molar-refractivity contribution in [2.75, 3.05) is 33.1 Å². The van der Waals surface area contributed by atoms with Gasteiger partial charge in [-0.3, -0.25) is 4.57 Å². The molecule has 1 aliphatic rings. The standard InChI is InChI=1S/C7H15O5P/c1-11-13(10)3-2-7(4-8,5-9)6-12-13/h8-9H,2-6H2,1H3. The van der Waals surface area contributed by atoms with E-state index in [2.05, 4.69) is 0 Å². The lowest BCUT2D eigenvalue weighted by Gasteiger charge is -2.36. The molecule has 1 rings (SSSR count). The Morgan fingerprint density at radius 2 is 2.15 bits per heavy atom. The van der Waals surface area contributed by atoms with E-state index in [0.717, 1.165) is 0 Å². The molecule has 0 saturated carbocycles. The maximum atomic E-state index is 11.5. The Labute approximate surface area is 77.2 Å². The summed E-state index contributed by atoms with van der Waals surface area (Å²) in [6, 6.07) is 0. The predicted octanol–water partition coefficient (Wildman–Crippen LogP) is 0.217. The van der Waals surface area contributed by atoms with Crippen LogP contribution in [0.2, 0.25) is 0 Å². The van der Waals surface area contributed by atoms with Crippen LogP contribution in [-0.4, -0.2) is 43.3 Å². The average Bonchev–Trinajstić information content (AvgIpc) is 2.20. The minimum absolute atomic E-state index is 0.0884. The van der Waals surface area contributed by atoms with Crippen LogP contribution in [0.1, 0.15) is 6.42 Å². The third-order valence-electron chi connectivity index (χ3n) is 2.43. The van der Waals surface area contributed by atoms with E-state index in [1.807, 2.05) is 0 Å². The summed E-state index contributed by atoms with van der Waals surface area (Å²) >= 11 is 0. The van der Waals surface area contributed by atoms with E-state index in [1.165, 1.54) is 7.11 Å². The van der Waals surface area contributed by atoms with Gasteiger partial charge in [-0.1, -0.05) is 0 Å². The molecule has 1 atom stereocenters. The van der Waals surface area contributed by atoms with Crippen LogP contribution in [0.4, 0.5) is 0 Å². The monoisotopic (exact) mass is 210 g/mol. The summed E-state index contributed by atoms with van der Waals surface area (Å²) in [6.45, 7) is -0.231. The Bertz CT molecular complexity index is 199. The molecule has 0 bridgehead atoms. The molecular weight excluding hydrogens is 195 g/mol. The van der Waals surface area contributed by atoms with Gasteiger partial charge in [-0.2, -0.15) is 0 Å². The molecule has 6 heteroatoms. The first-order chi connectivity index (χ1) is 6.10. The maximum absolute atomic E-state index is 11.5. The molecule has 1 unspecified atom stereocenters. The normalized spacial score (nSPS) is 33.2. The summed E-state index contributed by atoms with van der Waals surface area (Å²) in [6.07, 6.45) is 0.718. The fourth-order valence-corrected chi connectivity index (χ4v) is 2.83. The molecule has 2 N–H and O–H groups in total. The highest BCUT2D eigenvalue weighted by Gasteiger charge is 2.40. The molecule has 0 aromatic rings. The van der Waals surface area contributed by atoms with E-state index in [1.54, 1.807) is 0 Å². The summed E-state index contributed by atoms with van der Waals surface area (Å²) in [5.41, 5.74) is -0.646. The summed E-state index contributed by atoms with van der Waals surface area (Å²) < 4.78 is 21.3. The first-order valence-electron chi connectivity index (χ1n) is 4.11. The first-order valence-corrected chi connectivity index (χ1v) is 5.84. The van der Waals surface area contributed by atoms with Crippen molar-refractivity contribution < 1.29 is 23.8 Å². The molecular formula is C7H15O5P. The van der Waals surface area contributed by atoms with E-state index >= 15 is 0 Å². The smallest absolute Gasteiger partial charge is 0.330 e. The Kier molecular flexibility index (Phi) is 3.49. The number of aliphatic hydroxyl groups excluding tert-OH is 2. The molecule has 13 heavy (non-hydrogen) atoms. The van der Waals surface area contributed by atoms with E-state index in [4.69, 9.17) is 19.3 Å². The highest BCUT2D eigenvalue weighted by atomic mass is 31.2. The maximum Gasteiger partial charge on any atom is 0.330 e. The Morgan fingerprint density at radius 3 is 2.46 bits per heavy atom. The number of hydrogen-bond donors (Lipinski definition) is 2. The van der Waals surface area contributed by atoms with Crippen LogP contribution in [0.3, 0.4) is 0 Å². The third kappa shape index (κ3) is 2.30. The minimum Gasteiger partial charge on any atom is -0.396 e. The SMILES string of the molecule is COP1(=O)CCC(CO)(CO)CO1. The molecule has 1 saturated heterocycles. The molecule has 0 amide bonds. The van der Waals surface area contributed by atoms with Gasteiger partial charge in [0, 0.05) is 12.5 Å². The van der Waals surface area contributed by atoms with Crippen LogP contribution in [0, 0.1) is 5.41 Å². The van der Waals surface area contributed by atoms with Crippen molar-refractivity contribution in [2.45, 2.75) is 6.42 Å². The van der Waals surface area contributed by atoms with Crippen molar-refractivity contribution in [1.82, 2.24) is 0 Å². The molecule has 1 heterocycles. The van der Waals surface area contributed by atoms with Crippen LogP contribution in [-0.2, 0) is 13.6 Å². The molecule has 0 aromatic heterocycles. The van der Waals surface area contributed by atoms with Crippen LogP contribution < -0.4 is 0 Å². The van der Waals surface area contributed by atoms with Crippen molar-refractivity contribution in [2.24, 2.45) is 5.41 Å². The summed E-state index contributed by atoms with van der Waals surface area (Å²) in [5, 5.41) is 18.0. The van der Waals surface area contributed by atoms with Crippen LogP contribution >= 0.6 is 7.60 Å². The van der Waals surface area contributed by atoms with Crippen molar-refractivity contribution >= 4 is 7.60 Å². The molecule has 78 valence electrons. The fourth-order valence-electron chi connectivity index (χ4n) is 1.19. The van der Waals surface area contributed by atoms with E-state index in [-0.39, 0.29) is 26.0 Å². The third-order valence-corrected chi connectivity index (χ3v) is 4.28. The molecule has 0 aliphatic carbocycles. The largest absolute Gasteiger partial charge is 0.396 e. The van der Waals surface area contributed by atoms with Crippen molar-refractivity contribution in [3.63, 3.8) is 0 Å². The topological polar surface area (TPSA) is 76.0 Å². The van der Waals surface area contributed by atoms with E-state index in [9.17, 15) is 4.57 Å². The van der Waals surface area contributed by atoms with Gasteiger partial charge in [0.15, 0.2) is 0 Å². The zero-order valence-corrected chi connectivity index (χ0v) is 8.50. The Balaban J connectivity index is 2.60. The van der Waals surface area contributed by atoms with Crippen molar-refractivity contribution in [1.29, 1.82) is 0 Å². The van der Waals surface area contributed by atoms with Gasteiger partial charge in [0.25, 0.3) is 0 Å². The highest BCUT2D eigenvalue weighted by Crippen LogP contribution is 2.54. The van der Waals surface area contributed by atoms with Gasteiger partial charge in [0.2, 0.25) is 0 Å². The van der Waals surface area contributed by atoms with Gasteiger partial charge in [-0.25, -0.2) is 0 Å². The lowest BCUT2D eigenvalue weighted by molar-refractivity contribution is -0.00531. The summed E-state index contributed by atoms with van der Waals surface area (Å²) in [5.74, 6) is 0. The molecule has 5 nitrogen and oxygen atoms in total. The van der Waals surface area contributed by atoms with Gasteiger partial charge >= 0.3 is 7.60 Å². The number of hydrogen-bond acceptors (Lipinski definition) is 5. The van der Waals surface area contributed by atoms with Gasteiger partial charge in [-0.15, -0.1) is 0 Å². The second-order valence-corrected chi connectivity index (χ2v) is 5.65. The van der Waals surface area contributed by atoms with E-state index in [0.29, 0.717) is 6.42 Å². The zero-order valence-electron chi connectivity index (χ0n) is 7.60. The lowest BCUT2D eigenvalue weighted by Crippen LogP contribution is -2.38. The molecule has 1 fully saturated rings. The van der Waals surface area contributed by atoms with Crippen molar-refractivity contribution in [3.8, 4) is 0 Å². The van der Waals surface area contributed by atoms with Crippen LogP contribution in [0.5, 0.6) is 0 Å². The second kappa shape index (κ2) is 4.07. The van der Waals surface area contributed by atoms with Gasteiger partial charge < -0.3 is 19.3 Å². The summed E-state index contributed by atoms with van der Waals surface area (Å²) in [4.78, 5) is 0. The van der Waals surface area contributed by atoms with Crippen LogP contribution in [0.25, 0.3) is 0 Å². The fraction of sp³-hybridized carbons (Fsp3) is 1.00. The Hall–Kier alpha value is 0.0700. The minimum atomic E-state index is -2.92. The van der Waals surface area contributed by atoms with Crippen molar-refractivity contribution in [3.05, 3.63) is 0 Å². The van der Waals surface area contributed by atoms with Gasteiger partial charge in [0.05, 0.1) is 26.0 Å². The Morgan fingerprint density at radius 1 is 1.54 bits per heavy atom. The molecule has 0 spiro atoms. The zero-order chi connectivity index (χ0) is 9.95. The van der Waals surface area contributed by atoms with E-state index < -0.39 is 13.0 Å². The predicted molar refractivity (Wildman–Crippen MR) is 46.7 cm³/mol. The average molecular weight is 210 g/mol. The molecule has 0 radical (unpaired) electrons. The quantitative estimate of drug-likeness (QED) is 0.651. The van der Waals surface area contributed by atoms with Gasteiger partial charge in [0.1, 0.15) is 0 Å². The number of rotatable bonds is 3. The molecule has 0 aromatic carbocycles. The van der Waals surface area contributed by atoms with Crippen LogP contribution in [0.15, 0.2) is 0 Å². The number of aliphatic hydroxyl groups is 2. The second-order valence-electron chi connectivity index (χ2n) is 3.36. The first kappa shape index (κ1) is 11.1. The summed E-state index contributed by atoms with van der Waals surface area (Å²) in [7, 11) is -1.58.